The third-order valence-electron chi connectivity index (χ3n) is 5.57. The van der Waals surface area contributed by atoms with E-state index in [0.717, 1.165) is 0 Å². The lowest BCUT2D eigenvalue weighted by atomic mass is 9.54. The molecule has 0 heterocycles. The average Bonchev–Trinajstić information content (AvgIpc) is 2.58. The maximum absolute atomic E-state index is 12.4. The fourth-order valence-electron chi connectivity index (χ4n) is 3.51. The van der Waals surface area contributed by atoms with Gasteiger partial charge in [-0.2, -0.15) is 0 Å². The van der Waals surface area contributed by atoms with Crippen LogP contribution in [0.5, 0.6) is 5.75 Å². The van der Waals surface area contributed by atoms with Crippen LogP contribution in [0.3, 0.4) is 0 Å². The van der Waals surface area contributed by atoms with Gasteiger partial charge in [0.2, 0.25) is 0 Å². The van der Waals surface area contributed by atoms with Crippen molar-refractivity contribution in [2.24, 2.45) is 5.41 Å². The van der Waals surface area contributed by atoms with Crippen LogP contribution in [0.4, 0.5) is 0 Å². The van der Waals surface area contributed by atoms with Gasteiger partial charge in [0, 0.05) is 18.4 Å². The summed E-state index contributed by atoms with van der Waals surface area (Å²) in [6.45, 7) is 12.1. The van der Waals surface area contributed by atoms with E-state index in [1.807, 2.05) is 31.2 Å². The lowest BCUT2D eigenvalue weighted by Crippen LogP contribution is -2.76. The molecule has 1 aliphatic rings. The van der Waals surface area contributed by atoms with Gasteiger partial charge in [0.1, 0.15) is 11.3 Å². The highest BCUT2D eigenvalue weighted by molar-refractivity contribution is 5.90. The monoisotopic (exact) mass is 377 g/mol. The molecular weight excluding hydrogens is 346 g/mol. The van der Waals surface area contributed by atoms with Crippen molar-refractivity contribution in [2.45, 2.75) is 65.0 Å². The second-order valence-corrected chi connectivity index (χ2v) is 8.69. The van der Waals surface area contributed by atoms with Crippen LogP contribution in [0.2, 0.25) is 0 Å². The van der Waals surface area contributed by atoms with E-state index in [1.54, 1.807) is 13.8 Å². The van der Waals surface area contributed by atoms with E-state index in [4.69, 9.17) is 9.47 Å². The molecule has 1 aromatic carbocycles. The van der Waals surface area contributed by atoms with Gasteiger partial charge in [-0.1, -0.05) is 46.8 Å². The van der Waals surface area contributed by atoms with Gasteiger partial charge in [0.25, 0.3) is 5.91 Å². The highest BCUT2D eigenvalue weighted by atomic mass is 16.5. The standard InChI is InChI=1S/C21H31NO5/c1-7-26-16-12-21(18(24)25,20(16,5)6)22-17(23)13-27-15-10-8-14(9-11-15)19(2,3)4/h8-11,16H,7,12-13H2,1-6H3,(H,22,23)(H,24,25). The molecule has 6 heteroatoms. The molecule has 1 aliphatic carbocycles. The van der Waals surface area contributed by atoms with Gasteiger partial charge in [-0.3, -0.25) is 4.79 Å². The molecule has 150 valence electrons. The Morgan fingerprint density at radius 3 is 2.26 bits per heavy atom. The van der Waals surface area contributed by atoms with Crippen LogP contribution in [0.1, 0.15) is 53.5 Å². The zero-order valence-electron chi connectivity index (χ0n) is 17.1. The molecule has 2 unspecified atom stereocenters. The van der Waals surface area contributed by atoms with Crippen molar-refractivity contribution in [3.05, 3.63) is 29.8 Å². The summed E-state index contributed by atoms with van der Waals surface area (Å²) < 4.78 is 11.1. The fourth-order valence-corrected chi connectivity index (χ4v) is 3.51. The lowest BCUT2D eigenvalue weighted by molar-refractivity contribution is -0.194. The lowest BCUT2D eigenvalue weighted by Gasteiger charge is -2.58. The van der Waals surface area contributed by atoms with E-state index in [-0.39, 0.29) is 24.5 Å². The molecule has 1 amide bonds. The number of carboxylic acid groups (broad SMARTS) is 1. The highest BCUT2D eigenvalue weighted by Gasteiger charge is 2.66. The number of carbonyl (C=O) groups excluding carboxylic acids is 1. The van der Waals surface area contributed by atoms with Crippen molar-refractivity contribution in [1.82, 2.24) is 5.32 Å². The minimum absolute atomic E-state index is 0.0384. The number of carbonyl (C=O) groups is 2. The number of amides is 1. The Bertz CT molecular complexity index is 690. The van der Waals surface area contributed by atoms with Crippen molar-refractivity contribution in [3.63, 3.8) is 0 Å². The van der Waals surface area contributed by atoms with Gasteiger partial charge in [-0.15, -0.1) is 0 Å². The molecular formula is C21H31NO5. The van der Waals surface area contributed by atoms with E-state index in [2.05, 4.69) is 26.1 Å². The third kappa shape index (κ3) is 4.10. The molecule has 0 aromatic heterocycles. The Hall–Kier alpha value is -2.08. The smallest absolute Gasteiger partial charge is 0.330 e. The Kier molecular flexibility index (Phi) is 5.90. The summed E-state index contributed by atoms with van der Waals surface area (Å²) in [5, 5.41) is 12.4. The number of benzene rings is 1. The second kappa shape index (κ2) is 7.50. The molecule has 27 heavy (non-hydrogen) atoms. The number of hydrogen-bond donors (Lipinski definition) is 2. The van der Waals surface area contributed by atoms with Crippen LogP contribution in [-0.4, -0.2) is 41.8 Å². The summed E-state index contributed by atoms with van der Waals surface area (Å²) in [5.74, 6) is -0.936. The fraction of sp³-hybridized carbons (Fsp3) is 0.619. The Balaban J connectivity index is 1.99. The van der Waals surface area contributed by atoms with Gasteiger partial charge in [0.15, 0.2) is 6.61 Å². The first-order chi connectivity index (χ1) is 12.4. The number of carboxylic acids is 1. The average molecular weight is 377 g/mol. The van der Waals surface area contributed by atoms with Crippen LogP contribution in [-0.2, 0) is 19.7 Å². The minimum Gasteiger partial charge on any atom is -0.484 e. The summed E-state index contributed by atoms with van der Waals surface area (Å²) >= 11 is 0. The Morgan fingerprint density at radius 2 is 1.81 bits per heavy atom. The van der Waals surface area contributed by atoms with Crippen molar-refractivity contribution in [2.75, 3.05) is 13.2 Å². The molecule has 0 spiro atoms. The minimum atomic E-state index is -1.34. The number of aliphatic carboxylic acids is 1. The largest absolute Gasteiger partial charge is 0.484 e. The second-order valence-electron chi connectivity index (χ2n) is 8.69. The van der Waals surface area contributed by atoms with Crippen LogP contribution < -0.4 is 10.1 Å². The molecule has 6 nitrogen and oxygen atoms in total. The van der Waals surface area contributed by atoms with Gasteiger partial charge >= 0.3 is 5.97 Å². The normalized spacial score (nSPS) is 24.0. The summed E-state index contributed by atoms with van der Waals surface area (Å²) in [5.41, 5.74) is -0.846. The maximum atomic E-state index is 12.4. The van der Waals surface area contributed by atoms with Crippen molar-refractivity contribution in [3.8, 4) is 5.75 Å². The summed E-state index contributed by atoms with van der Waals surface area (Å²) in [6, 6.07) is 7.57. The topological polar surface area (TPSA) is 84.9 Å². The van der Waals surface area contributed by atoms with Crippen LogP contribution >= 0.6 is 0 Å². The Morgan fingerprint density at radius 1 is 1.22 bits per heavy atom. The first-order valence-corrected chi connectivity index (χ1v) is 9.33. The van der Waals surface area contributed by atoms with Gasteiger partial charge in [-0.25, -0.2) is 4.79 Å². The van der Waals surface area contributed by atoms with E-state index in [9.17, 15) is 14.7 Å². The van der Waals surface area contributed by atoms with Gasteiger partial charge in [-0.05, 0) is 30.0 Å². The van der Waals surface area contributed by atoms with Crippen LogP contribution in [0.25, 0.3) is 0 Å². The molecule has 1 fully saturated rings. The summed E-state index contributed by atoms with van der Waals surface area (Å²) in [6.07, 6.45) is 0.0413. The van der Waals surface area contributed by atoms with Crippen molar-refractivity contribution < 1.29 is 24.2 Å². The number of rotatable bonds is 7. The molecule has 2 atom stereocenters. The Labute approximate surface area is 161 Å². The zero-order chi connectivity index (χ0) is 20.5. The predicted octanol–water partition coefficient (Wildman–Crippen LogP) is 3.14. The summed E-state index contributed by atoms with van der Waals surface area (Å²) in [7, 11) is 0. The molecule has 0 aliphatic heterocycles. The van der Waals surface area contributed by atoms with Crippen molar-refractivity contribution in [1.29, 1.82) is 0 Å². The molecule has 1 saturated carbocycles. The number of nitrogens with one attached hydrogen (secondary N) is 1. The van der Waals surface area contributed by atoms with E-state index in [0.29, 0.717) is 12.4 Å². The van der Waals surface area contributed by atoms with Crippen LogP contribution in [0, 0.1) is 5.41 Å². The molecule has 2 rings (SSSR count). The molecule has 2 N–H and O–H groups in total. The van der Waals surface area contributed by atoms with Gasteiger partial charge in [0.05, 0.1) is 6.10 Å². The van der Waals surface area contributed by atoms with E-state index < -0.39 is 22.8 Å². The SMILES string of the molecule is CCOC1CC(NC(=O)COc2ccc(C(C)(C)C)cc2)(C(=O)O)C1(C)C. The molecule has 1 aromatic rings. The van der Waals surface area contributed by atoms with E-state index in [1.165, 1.54) is 5.56 Å². The third-order valence-corrected chi connectivity index (χ3v) is 5.57. The number of hydrogen-bond acceptors (Lipinski definition) is 4. The first kappa shape index (κ1) is 21.2. The summed E-state index contributed by atoms with van der Waals surface area (Å²) in [4.78, 5) is 24.3. The van der Waals surface area contributed by atoms with E-state index >= 15 is 0 Å². The first-order valence-electron chi connectivity index (χ1n) is 9.33. The molecule has 0 radical (unpaired) electrons. The highest BCUT2D eigenvalue weighted by Crippen LogP contribution is 2.51. The molecule has 0 bridgehead atoms. The zero-order valence-corrected chi connectivity index (χ0v) is 17.1. The van der Waals surface area contributed by atoms with Gasteiger partial charge < -0.3 is 19.9 Å². The quantitative estimate of drug-likeness (QED) is 0.762. The van der Waals surface area contributed by atoms with Crippen molar-refractivity contribution >= 4 is 11.9 Å². The molecule has 0 saturated heterocycles. The van der Waals surface area contributed by atoms with Crippen LogP contribution in [0.15, 0.2) is 24.3 Å². The maximum Gasteiger partial charge on any atom is 0.330 e. The number of ether oxygens (including phenoxy) is 2. The predicted molar refractivity (Wildman–Crippen MR) is 103 cm³/mol.